The number of carbonyl (C=O) groups is 2. The first kappa shape index (κ1) is 18.1. The molecule has 0 bridgehead atoms. The molecule has 1 heterocycles. The fraction of sp³-hybridized carbons (Fsp3) is 0.714. The molecule has 1 rings (SSSR count). The molecule has 0 amide bonds. The van der Waals surface area contributed by atoms with Gasteiger partial charge < -0.3 is 14.6 Å². The fourth-order valence-corrected chi connectivity index (χ4v) is 1.56. The van der Waals surface area contributed by atoms with Crippen molar-refractivity contribution in [3.63, 3.8) is 0 Å². The summed E-state index contributed by atoms with van der Waals surface area (Å²) in [5, 5.41) is 17.4. The second-order valence-corrected chi connectivity index (χ2v) is 5.93. The third-order valence-corrected chi connectivity index (χ3v) is 2.68. The van der Waals surface area contributed by atoms with Crippen LogP contribution >= 0.6 is 0 Å². The summed E-state index contributed by atoms with van der Waals surface area (Å²) in [7, 11) is 0. The first-order valence-electron chi connectivity index (χ1n) is 7.12. The highest BCUT2D eigenvalue weighted by atomic mass is 16.5. The van der Waals surface area contributed by atoms with Gasteiger partial charge in [-0.15, -0.1) is 5.10 Å². The minimum Gasteiger partial charge on any atom is -0.466 e. The molecule has 0 spiro atoms. The molecule has 0 aliphatic rings. The molecule has 0 aliphatic heterocycles. The van der Waals surface area contributed by atoms with E-state index in [0.717, 1.165) is 0 Å². The summed E-state index contributed by atoms with van der Waals surface area (Å²) in [6.07, 6.45) is 0.747. The average Bonchev–Trinajstić information content (AvgIpc) is 2.82. The van der Waals surface area contributed by atoms with Gasteiger partial charge in [0.15, 0.2) is 6.73 Å². The second kappa shape index (κ2) is 7.88. The molecule has 1 N–H and O–H groups in total. The van der Waals surface area contributed by atoms with Gasteiger partial charge in [0.1, 0.15) is 0 Å². The van der Waals surface area contributed by atoms with E-state index < -0.39 is 17.5 Å². The molecule has 8 nitrogen and oxygen atoms in total. The average molecular weight is 313 g/mol. The Morgan fingerprint density at radius 2 is 2.05 bits per heavy atom. The van der Waals surface area contributed by atoms with Crippen molar-refractivity contribution in [1.82, 2.24) is 15.0 Å². The normalized spacial score (nSPS) is 12.8. The minimum atomic E-state index is -0.888. The predicted molar refractivity (Wildman–Crippen MR) is 76.5 cm³/mol. The van der Waals surface area contributed by atoms with E-state index in [1.807, 2.05) is 0 Å². The van der Waals surface area contributed by atoms with Crippen LogP contribution in [0.15, 0.2) is 6.20 Å². The maximum atomic E-state index is 11.6. The minimum absolute atomic E-state index is 0.0446. The lowest BCUT2D eigenvalue weighted by atomic mass is 9.98. The van der Waals surface area contributed by atoms with Crippen LogP contribution in [0.25, 0.3) is 0 Å². The van der Waals surface area contributed by atoms with Crippen LogP contribution in [0, 0.1) is 5.41 Å². The molecule has 0 saturated carbocycles. The van der Waals surface area contributed by atoms with E-state index in [-0.39, 0.29) is 32.1 Å². The number of rotatable bonds is 7. The number of aromatic nitrogens is 3. The van der Waals surface area contributed by atoms with Crippen LogP contribution in [0.4, 0.5) is 0 Å². The molecular weight excluding hydrogens is 290 g/mol. The van der Waals surface area contributed by atoms with Crippen molar-refractivity contribution in [2.24, 2.45) is 5.41 Å². The topological polar surface area (TPSA) is 104 Å². The molecule has 0 radical (unpaired) electrons. The van der Waals surface area contributed by atoms with Crippen LogP contribution in [-0.4, -0.2) is 44.7 Å². The Hall–Kier alpha value is -1.96. The molecule has 0 fully saturated rings. The van der Waals surface area contributed by atoms with Crippen LogP contribution in [0.1, 0.15) is 39.8 Å². The van der Waals surface area contributed by atoms with E-state index in [0.29, 0.717) is 5.69 Å². The number of esters is 2. The monoisotopic (exact) mass is 313 g/mol. The third kappa shape index (κ3) is 6.21. The van der Waals surface area contributed by atoms with Crippen molar-refractivity contribution in [3.8, 4) is 0 Å². The van der Waals surface area contributed by atoms with Crippen molar-refractivity contribution in [1.29, 1.82) is 0 Å². The molecule has 1 atom stereocenters. The van der Waals surface area contributed by atoms with Crippen LogP contribution in [-0.2, 0) is 32.2 Å². The lowest BCUT2D eigenvalue weighted by Gasteiger charge is -2.16. The van der Waals surface area contributed by atoms with Gasteiger partial charge in [-0.2, -0.15) is 0 Å². The van der Waals surface area contributed by atoms with Crippen LogP contribution in [0.2, 0.25) is 0 Å². The number of ether oxygens (including phenoxy) is 2. The van der Waals surface area contributed by atoms with E-state index in [1.165, 1.54) is 4.68 Å². The molecular formula is C14H23N3O5. The lowest BCUT2D eigenvalue weighted by Crippen LogP contribution is -2.24. The summed E-state index contributed by atoms with van der Waals surface area (Å²) in [5.74, 6) is -0.798. The zero-order valence-electron chi connectivity index (χ0n) is 13.4. The van der Waals surface area contributed by atoms with Crippen molar-refractivity contribution in [3.05, 3.63) is 11.9 Å². The Balaban J connectivity index is 2.44. The summed E-state index contributed by atoms with van der Waals surface area (Å²) in [4.78, 5) is 22.9. The number of aliphatic hydroxyl groups excluding tert-OH is 1. The highest BCUT2D eigenvalue weighted by Gasteiger charge is 2.23. The van der Waals surface area contributed by atoms with E-state index in [2.05, 4.69) is 10.3 Å². The summed E-state index contributed by atoms with van der Waals surface area (Å²) >= 11 is 0. The Morgan fingerprint density at radius 3 is 2.64 bits per heavy atom. The maximum Gasteiger partial charge on any atom is 0.313 e. The zero-order valence-corrected chi connectivity index (χ0v) is 13.4. The van der Waals surface area contributed by atoms with E-state index >= 15 is 0 Å². The molecule has 1 aromatic rings. The van der Waals surface area contributed by atoms with Crippen molar-refractivity contribution in [2.75, 3.05) is 6.61 Å². The van der Waals surface area contributed by atoms with Crippen molar-refractivity contribution >= 4 is 11.9 Å². The SMILES string of the molecule is CCOC(=O)CC(O)Cc1cn(COC(=O)C(C)(C)C)nn1. The first-order chi connectivity index (χ1) is 10.2. The van der Waals surface area contributed by atoms with Gasteiger partial charge in [0.05, 0.1) is 36.4 Å². The Kier molecular flexibility index (Phi) is 6.48. The molecule has 0 aromatic carbocycles. The Bertz CT molecular complexity index is 507. The highest BCUT2D eigenvalue weighted by Crippen LogP contribution is 2.15. The van der Waals surface area contributed by atoms with Gasteiger partial charge in [0.2, 0.25) is 0 Å². The van der Waals surface area contributed by atoms with Crippen molar-refractivity contribution in [2.45, 2.75) is 53.4 Å². The molecule has 1 aromatic heterocycles. The van der Waals surface area contributed by atoms with Gasteiger partial charge in [-0.25, -0.2) is 4.68 Å². The van der Waals surface area contributed by atoms with Gasteiger partial charge in [0.25, 0.3) is 0 Å². The Morgan fingerprint density at radius 1 is 1.36 bits per heavy atom. The predicted octanol–water partition coefficient (Wildman–Crippen LogP) is 0.681. The molecule has 0 aliphatic carbocycles. The summed E-state index contributed by atoms with van der Waals surface area (Å²) in [6, 6.07) is 0. The number of hydrogen-bond donors (Lipinski definition) is 1. The van der Waals surface area contributed by atoms with E-state index in [4.69, 9.17) is 9.47 Å². The standard InChI is InChI=1S/C14H23N3O5/c1-5-21-12(19)7-11(18)6-10-8-17(16-15-10)9-22-13(20)14(2,3)4/h8,11,18H,5-7,9H2,1-4H3. The number of hydrogen-bond acceptors (Lipinski definition) is 7. The molecule has 8 heteroatoms. The quantitative estimate of drug-likeness (QED) is 0.738. The van der Waals surface area contributed by atoms with Gasteiger partial charge in [0, 0.05) is 6.42 Å². The fourth-order valence-electron chi connectivity index (χ4n) is 1.56. The maximum absolute atomic E-state index is 11.6. The lowest BCUT2D eigenvalue weighted by molar-refractivity contribution is -0.157. The molecule has 0 saturated heterocycles. The summed E-state index contributed by atoms with van der Waals surface area (Å²) in [5.41, 5.74) is -0.0807. The molecule has 124 valence electrons. The Labute approximate surface area is 129 Å². The number of nitrogens with zero attached hydrogens (tertiary/aromatic N) is 3. The third-order valence-electron chi connectivity index (χ3n) is 2.68. The van der Waals surface area contributed by atoms with Gasteiger partial charge in [-0.05, 0) is 27.7 Å². The summed E-state index contributed by atoms with van der Waals surface area (Å²) < 4.78 is 11.2. The van der Waals surface area contributed by atoms with Gasteiger partial charge >= 0.3 is 11.9 Å². The molecule has 22 heavy (non-hydrogen) atoms. The summed E-state index contributed by atoms with van der Waals surface area (Å²) in [6.45, 7) is 7.21. The van der Waals surface area contributed by atoms with Crippen LogP contribution in [0.3, 0.4) is 0 Å². The van der Waals surface area contributed by atoms with E-state index in [1.54, 1.807) is 33.9 Å². The number of aliphatic hydroxyl groups is 1. The smallest absolute Gasteiger partial charge is 0.313 e. The van der Waals surface area contributed by atoms with Gasteiger partial charge in [-0.1, -0.05) is 5.21 Å². The van der Waals surface area contributed by atoms with Gasteiger partial charge in [-0.3, -0.25) is 9.59 Å². The number of carbonyl (C=O) groups excluding carboxylic acids is 2. The van der Waals surface area contributed by atoms with Crippen LogP contribution < -0.4 is 0 Å². The largest absolute Gasteiger partial charge is 0.466 e. The van der Waals surface area contributed by atoms with E-state index in [9.17, 15) is 14.7 Å². The zero-order chi connectivity index (χ0) is 16.8. The second-order valence-electron chi connectivity index (χ2n) is 5.93. The molecule has 1 unspecified atom stereocenters. The highest BCUT2D eigenvalue weighted by molar-refractivity contribution is 5.75. The van der Waals surface area contributed by atoms with Crippen molar-refractivity contribution < 1.29 is 24.2 Å². The van der Waals surface area contributed by atoms with Crippen LogP contribution in [0.5, 0.6) is 0 Å². The first-order valence-corrected chi connectivity index (χ1v) is 7.12.